The molecule has 8 heteroatoms. The minimum atomic E-state index is -3.59. The highest BCUT2D eigenvalue weighted by Gasteiger charge is 2.19. The number of carbonyl (C=O) groups is 1. The van der Waals surface area contributed by atoms with Gasteiger partial charge in [-0.2, -0.15) is 0 Å². The number of piperazine rings is 1. The van der Waals surface area contributed by atoms with Gasteiger partial charge in [0.15, 0.2) is 0 Å². The van der Waals surface area contributed by atoms with Crippen molar-refractivity contribution in [2.45, 2.75) is 18.7 Å². The van der Waals surface area contributed by atoms with Crippen LogP contribution in [0.4, 0.5) is 5.69 Å². The number of para-hydroxylation sites is 1. The summed E-state index contributed by atoms with van der Waals surface area (Å²) >= 11 is 0. The summed E-state index contributed by atoms with van der Waals surface area (Å²) in [6, 6.07) is 15.0. The van der Waals surface area contributed by atoms with Gasteiger partial charge in [-0.1, -0.05) is 31.2 Å². The second-order valence-corrected chi connectivity index (χ2v) is 9.17. The minimum absolute atomic E-state index is 0.108. The zero-order valence-electron chi connectivity index (χ0n) is 17.6. The average molecular weight is 431 g/mol. The van der Waals surface area contributed by atoms with Crippen molar-refractivity contribution in [3.05, 3.63) is 59.7 Å². The van der Waals surface area contributed by atoms with E-state index in [-0.39, 0.29) is 10.8 Å². The molecule has 1 fully saturated rings. The number of nitrogens with one attached hydrogen (secondary N) is 2. The van der Waals surface area contributed by atoms with E-state index >= 15 is 0 Å². The third-order valence-electron chi connectivity index (χ3n) is 5.31. The van der Waals surface area contributed by atoms with Gasteiger partial charge in [-0.15, -0.1) is 0 Å². The van der Waals surface area contributed by atoms with Crippen LogP contribution in [0.2, 0.25) is 0 Å². The molecule has 1 aliphatic heterocycles. The molecule has 1 heterocycles. The summed E-state index contributed by atoms with van der Waals surface area (Å²) < 4.78 is 26.9. The topological polar surface area (TPSA) is 81.7 Å². The monoisotopic (exact) mass is 430 g/mol. The number of benzene rings is 2. The van der Waals surface area contributed by atoms with Crippen LogP contribution in [-0.2, 0) is 10.0 Å². The van der Waals surface area contributed by atoms with Crippen LogP contribution < -0.4 is 14.9 Å². The molecule has 162 valence electrons. The molecule has 0 atom stereocenters. The molecule has 2 aromatic rings. The lowest BCUT2D eigenvalue weighted by Crippen LogP contribution is -2.48. The maximum atomic E-state index is 12.6. The highest BCUT2D eigenvalue weighted by atomic mass is 32.2. The molecule has 2 aromatic carbocycles. The quantitative estimate of drug-likeness (QED) is 0.668. The number of aryl methyl sites for hydroxylation is 1. The van der Waals surface area contributed by atoms with Gasteiger partial charge in [0.2, 0.25) is 10.0 Å². The summed E-state index contributed by atoms with van der Waals surface area (Å²) in [6.45, 7) is 8.93. The Kier molecular flexibility index (Phi) is 7.47. The molecule has 7 nitrogen and oxygen atoms in total. The van der Waals surface area contributed by atoms with Crippen LogP contribution in [-0.4, -0.2) is 65.0 Å². The zero-order chi connectivity index (χ0) is 21.6. The molecule has 1 aliphatic rings. The van der Waals surface area contributed by atoms with Gasteiger partial charge in [-0.3, -0.25) is 9.69 Å². The van der Waals surface area contributed by atoms with Crippen LogP contribution in [0.3, 0.4) is 0 Å². The first kappa shape index (κ1) is 22.3. The van der Waals surface area contributed by atoms with Gasteiger partial charge in [-0.05, 0) is 36.8 Å². The number of amides is 1. The number of sulfonamides is 1. The first-order chi connectivity index (χ1) is 14.4. The molecule has 0 saturated carbocycles. The summed E-state index contributed by atoms with van der Waals surface area (Å²) in [4.78, 5) is 17.4. The van der Waals surface area contributed by atoms with Gasteiger partial charge in [0.1, 0.15) is 0 Å². The summed E-state index contributed by atoms with van der Waals surface area (Å²) in [5.41, 5.74) is 2.38. The van der Waals surface area contributed by atoms with Crippen LogP contribution in [0.25, 0.3) is 0 Å². The molecule has 0 spiro atoms. The van der Waals surface area contributed by atoms with E-state index in [1.165, 1.54) is 17.8 Å². The highest BCUT2D eigenvalue weighted by molar-refractivity contribution is 7.89. The number of carbonyl (C=O) groups excluding carboxylic acids is 1. The van der Waals surface area contributed by atoms with E-state index in [0.29, 0.717) is 18.7 Å². The molecule has 0 unspecified atom stereocenters. The van der Waals surface area contributed by atoms with E-state index in [1.807, 2.05) is 6.07 Å². The van der Waals surface area contributed by atoms with Crippen LogP contribution in [0.5, 0.6) is 0 Å². The van der Waals surface area contributed by atoms with Gasteiger partial charge >= 0.3 is 0 Å². The number of hydrogen-bond donors (Lipinski definition) is 2. The SMILES string of the molecule is CCNS(=O)(=O)c1ccc(C)c(C(=O)NCCN2CCN(c3ccccc3)CC2)c1. The molecule has 2 N–H and O–H groups in total. The van der Waals surface area contributed by atoms with Crippen molar-refractivity contribution >= 4 is 21.6 Å². The third-order valence-corrected chi connectivity index (χ3v) is 6.85. The lowest BCUT2D eigenvalue weighted by atomic mass is 10.1. The van der Waals surface area contributed by atoms with E-state index in [9.17, 15) is 13.2 Å². The van der Waals surface area contributed by atoms with Crippen molar-refractivity contribution in [2.24, 2.45) is 0 Å². The maximum absolute atomic E-state index is 12.6. The number of nitrogens with zero attached hydrogens (tertiary/aromatic N) is 2. The predicted molar refractivity (Wildman–Crippen MR) is 119 cm³/mol. The largest absolute Gasteiger partial charge is 0.369 e. The third kappa shape index (κ3) is 5.59. The Hall–Kier alpha value is -2.42. The number of hydrogen-bond acceptors (Lipinski definition) is 5. The average Bonchev–Trinajstić information content (AvgIpc) is 2.75. The van der Waals surface area contributed by atoms with Gasteiger partial charge in [-0.25, -0.2) is 13.1 Å². The van der Waals surface area contributed by atoms with Crippen molar-refractivity contribution in [1.82, 2.24) is 14.9 Å². The standard InChI is InChI=1S/C22H30N4O3S/c1-3-24-30(28,29)20-10-9-18(2)21(17-20)22(27)23-11-12-25-13-15-26(16-14-25)19-7-5-4-6-8-19/h4-10,17,24H,3,11-16H2,1-2H3,(H,23,27). The first-order valence-electron chi connectivity index (χ1n) is 10.3. The van der Waals surface area contributed by atoms with Gasteiger partial charge in [0.05, 0.1) is 4.90 Å². The van der Waals surface area contributed by atoms with E-state index in [0.717, 1.165) is 38.3 Å². The van der Waals surface area contributed by atoms with E-state index < -0.39 is 10.0 Å². The van der Waals surface area contributed by atoms with Gasteiger partial charge in [0, 0.05) is 57.1 Å². The fourth-order valence-corrected chi connectivity index (χ4v) is 4.64. The second-order valence-electron chi connectivity index (χ2n) is 7.40. The van der Waals surface area contributed by atoms with Gasteiger partial charge in [0.25, 0.3) is 5.91 Å². The molecule has 1 amide bonds. The van der Waals surface area contributed by atoms with Crippen molar-refractivity contribution in [3.8, 4) is 0 Å². The van der Waals surface area contributed by atoms with Crippen LogP contribution >= 0.6 is 0 Å². The second kappa shape index (κ2) is 10.1. The predicted octanol–water partition coefficient (Wildman–Crippen LogP) is 1.85. The summed E-state index contributed by atoms with van der Waals surface area (Å²) in [5, 5.41) is 2.93. The molecule has 0 aromatic heterocycles. The molecule has 0 radical (unpaired) electrons. The van der Waals surface area contributed by atoms with Crippen molar-refractivity contribution in [2.75, 3.05) is 50.7 Å². The van der Waals surface area contributed by atoms with Crippen molar-refractivity contribution < 1.29 is 13.2 Å². The Labute approximate surface area is 179 Å². The molecular formula is C22H30N4O3S. The maximum Gasteiger partial charge on any atom is 0.251 e. The van der Waals surface area contributed by atoms with Crippen LogP contribution in [0, 0.1) is 6.92 Å². The van der Waals surface area contributed by atoms with Crippen molar-refractivity contribution in [3.63, 3.8) is 0 Å². The smallest absolute Gasteiger partial charge is 0.251 e. The fraction of sp³-hybridized carbons (Fsp3) is 0.409. The first-order valence-corrected chi connectivity index (χ1v) is 11.8. The highest BCUT2D eigenvalue weighted by Crippen LogP contribution is 2.16. The Bertz CT molecular complexity index is 956. The van der Waals surface area contributed by atoms with E-state index in [4.69, 9.17) is 0 Å². The summed E-state index contributed by atoms with van der Waals surface area (Å²) in [5.74, 6) is -0.246. The minimum Gasteiger partial charge on any atom is -0.369 e. The molecular weight excluding hydrogens is 400 g/mol. The number of anilines is 1. The molecule has 1 saturated heterocycles. The van der Waals surface area contributed by atoms with Crippen molar-refractivity contribution in [1.29, 1.82) is 0 Å². The Morgan fingerprint density at radius 1 is 1.03 bits per heavy atom. The zero-order valence-corrected chi connectivity index (χ0v) is 18.4. The summed E-state index contributed by atoms with van der Waals surface area (Å²) in [6.07, 6.45) is 0. The Morgan fingerprint density at radius 3 is 2.40 bits per heavy atom. The van der Waals surface area contributed by atoms with E-state index in [2.05, 4.69) is 44.1 Å². The van der Waals surface area contributed by atoms with Crippen LogP contribution in [0.1, 0.15) is 22.8 Å². The summed E-state index contributed by atoms with van der Waals surface area (Å²) in [7, 11) is -3.59. The normalized spacial score (nSPS) is 15.2. The molecule has 0 aliphatic carbocycles. The van der Waals surface area contributed by atoms with Crippen LogP contribution in [0.15, 0.2) is 53.4 Å². The Morgan fingerprint density at radius 2 is 1.73 bits per heavy atom. The molecule has 30 heavy (non-hydrogen) atoms. The Balaban J connectivity index is 1.51. The fourth-order valence-electron chi connectivity index (χ4n) is 3.58. The lowest BCUT2D eigenvalue weighted by molar-refractivity contribution is 0.0947. The molecule has 3 rings (SSSR count). The lowest BCUT2D eigenvalue weighted by Gasteiger charge is -2.36. The molecule has 0 bridgehead atoms. The van der Waals surface area contributed by atoms with E-state index in [1.54, 1.807) is 19.9 Å². The number of rotatable bonds is 8. The van der Waals surface area contributed by atoms with Gasteiger partial charge < -0.3 is 10.2 Å².